The lowest BCUT2D eigenvalue weighted by molar-refractivity contribution is -0.384. The molecule has 0 amide bonds. The highest BCUT2D eigenvalue weighted by atomic mass is 32.1. The predicted molar refractivity (Wildman–Crippen MR) is 71.8 cm³/mol. The van der Waals surface area contributed by atoms with E-state index < -0.39 is 4.92 Å². The zero-order chi connectivity index (χ0) is 12.6. The first-order chi connectivity index (χ1) is 7.99. The van der Waals surface area contributed by atoms with Crippen LogP contribution in [-0.2, 0) is 0 Å². The summed E-state index contributed by atoms with van der Waals surface area (Å²) in [5, 5.41) is 14.0. The Bertz CT molecular complexity index is 490. The second-order valence-electron chi connectivity index (χ2n) is 4.16. The van der Waals surface area contributed by atoms with Gasteiger partial charge in [-0.2, -0.15) is 0 Å². The van der Waals surface area contributed by atoms with Crippen LogP contribution in [0.4, 0.5) is 17.1 Å². The fourth-order valence-corrected chi connectivity index (χ4v) is 2.24. The predicted octanol–water partition coefficient (Wildman–Crippen LogP) is 2.56. The molecule has 1 aliphatic heterocycles. The first-order valence-electron chi connectivity index (χ1n) is 5.30. The molecule has 5 nitrogen and oxygen atoms in total. The highest BCUT2D eigenvalue weighted by Gasteiger charge is 2.21. The number of nitro groups is 1. The summed E-state index contributed by atoms with van der Waals surface area (Å²) in [4.78, 5) is 13.1. The summed E-state index contributed by atoms with van der Waals surface area (Å²) in [6, 6.07) is 4.95. The summed E-state index contributed by atoms with van der Waals surface area (Å²) in [7, 11) is 1.88. The SMILES string of the molecule is CC1CC(=S)N(C)c2ccc([N+](=O)[O-])cc2N1. The lowest BCUT2D eigenvalue weighted by atomic mass is 10.2. The number of benzene rings is 1. The van der Waals surface area contributed by atoms with Crippen LogP contribution >= 0.6 is 12.2 Å². The van der Waals surface area contributed by atoms with E-state index in [1.807, 2.05) is 18.9 Å². The summed E-state index contributed by atoms with van der Waals surface area (Å²) >= 11 is 5.30. The Morgan fingerprint density at radius 2 is 2.29 bits per heavy atom. The first kappa shape index (κ1) is 11.8. The molecule has 0 saturated heterocycles. The number of fused-ring (bicyclic) bond motifs is 1. The van der Waals surface area contributed by atoms with Gasteiger partial charge in [0, 0.05) is 31.6 Å². The normalized spacial score (nSPS) is 19.3. The molecule has 0 saturated carbocycles. The summed E-state index contributed by atoms with van der Waals surface area (Å²) in [5.41, 5.74) is 1.73. The zero-order valence-corrected chi connectivity index (χ0v) is 10.5. The van der Waals surface area contributed by atoms with Crippen molar-refractivity contribution in [3.8, 4) is 0 Å². The Morgan fingerprint density at radius 3 is 2.94 bits per heavy atom. The van der Waals surface area contributed by atoms with E-state index >= 15 is 0 Å². The second-order valence-corrected chi connectivity index (χ2v) is 4.63. The van der Waals surface area contributed by atoms with Gasteiger partial charge in [0.15, 0.2) is 0 Å². The van der Waals surface area contributed by atoms with E-state index in [4.69, 9.17) is 12.2 Å². The third-order valence-electron chi connectivity index (χ3n) is 2.81. The van der Waals surface area contributed by atoms with Gasteiger partial charge in [-0.25, -0.2) is 0 Å². The number of rotatable bonds is 1. The highest BCUT2D eigenvalue weighted by molar-refractivity contribution is 7.80. The Kier molecular flexibility index (Phi) is 2.97. The van der Waals surface area contributed by atoms with Crippen molar-refractivity contribution in [2.75, 3.05) is 17.3 Å². The lowest BCUT2D eigenvalue weighted by Crippen LogP contribution is -2.25. The van der Waals surface area contributed by atoms with Crippen LogP contribution in [0.3, 0.4) is 0 Å². The molecular weight excluding hydrogens is 238 g/mol. The number of hydrogen-bond donors (Lipinski definition) is 1. The van der Waals surface area contributed by atoms with Crippen molar-refractivity contribution in [3.63, 3.8) is 0 Å². The average molecular weight is 251 g/mol. The molecule has 0 aromatic heterocycles. The third kappa shape index (κ3) is 2.21. The topological polar surface area (TPSA) is 58.4 Å². The summed E-state index contributed by atoms with van der Waals surface area (Å²) in [5.74, 6) is 0. The Hall–Kier alpha value is -1.69. The first-order valence-corrected chi connectivity index (χ1v) is 5.71. The average Bonchev–Trinajstić information content (AvgIpc) is 2.36. The van der Waals surface area contributed by atoms with Crippen molar-refractivity contribution in [2.45, 2.75) is 19.4 Å². The summed E-state index contributed by atoms with van der Waals surface area (Å²) < 4.78 is 0. The number of non-ortho nitro benzene ring substituents is 1. The molecule has 0 bridgehead atoms. The number of nitrogens with zero attached hydrogens (tertiary/aromatic N) is 2. The monoisotopic (exact) mass is 251 g/mol. The van der Waals surface area contributed by atoms with Gasteiger partial charge in [0.05, 0.1) is 21.3 Å². The number of nitrogens with one attached hydrogen (secondary N) is 1. The minimum Gasteiger partial charge on any atom is -0.380 e. The van der Waals surface area contributed by atoms with Crippen LogP contribution in [0.25, 0.3) is 0 Å². The smallest absolute Gasteiger partial charge is 0.271 e. The van der Waals surface area contributed by atoms with Crippen molar-refractivity contribution in [2.24, 2.45) is 0 Å². The molecule has 1 heterocycles. The molecule has 0 radical (unpaired) electrons. The zero-order valence-electron chi connectivity index (χ0n) is 9.64. The van der Waals surface area contributed by atoms with Gasteiger partial charge in [-0.05, 0) is 13.0 Å². The van der Waals surface area contributed by atoms with Crippen molar-refractivity contribution in [3.05, 3.63) is 28.3 Å². The third-order valence-corrected chi connectivity index (χ3v) is 3.25. The van der Waals surface area contributed by atoms with E-state index in [9.17, 15) is 10.1 Å². The minimum atomic E-state index is -0.393. The highest BCUT2D eigenvalue weighted by Crippen LogP contribution is 2.33. The van der Waals surface area contributed by atoms with Crippen molar-refractivity contribution < 1.29 is 4.92 Å². The van der Waals surface area contributed by atoms with Crippen LogP contribution in [0.1, 0.15) is 13.3 Å². The van der Waals surface area contributed by atoms with Crippen molar-refractivity contribution >= 4 is 34.3 Å². The maximum absolute atomic E-state index is 10.7. The Labute approximate surface area is 105 Å². The standard InChI is InChI=1S/C11H13N3O2S/c1-7-5-11(17)13(2)10-4-3-8(14(15)16)6-9(10)12-7/h3-4,6-7,12H,5H2,1-2H3. The van der Waals surface area contributed by atoms with E-state index in [2.05, 4.69) is 5.32 Å². The van der Waals surface area contributed by atoms with Crippen LogP contribution in [0.15, 0.2) is 18.2 Å². The second kappa shape index (κ2) is 4.29. The van der Waals surface area contributed by atoms with Crippen molar-refractivity contribution in [1.82, 2.24) is 0 Å². The molecule has 0 aliphatic carbocycles. The molecule has 2 rings (SSSR count). The molecule has 1 atom stereocenters. The molecule has 1 aliphatic rings. The fraction of sp³-hybridized carbons (Fsp3) is 0.364. The molecule has 1 N–H and O–H groups in total. The molecule has 1 aromatic carbocycles. The van der Waals surface area contributed by atoms with Gasteiger partial charge in [-0.3, -0.25) is 10.1 Å². The molecule has 1 unspecified atom stereocenters. The van der Waals surface area contributed by atoms with Crippen LogP contribution in [0.2, 0.25) is 0 Å². The van der Waals surface area contributed by atoms with Gasteiger partial charge in [0.2, 0.25) is 0 Å². The maximum Gasteiger partial charge on any atom is 0.271 e. The van der Waals surface area contributed by atoms with Crippen LogP contribution in [0, 0.1) is 10.1 Å². The van der Waals surface area contributed by atoms with E-state index in [0.29, 0.717) is 0 Å². The minimum absolute atomic E-state index is 0.0877. The van der Waals surface area contributed by atoms with Gasteiger partial charge in [-0.1, -0.05) is 12.2 Å². The molecule has 0 spiro atoms. The van der Waals surface area contributed by atoms with E-state index in [0.717, 1.165) is 22.8 Å². The molecule has 17 heavy (non-hydrogen) atoms. The molecule has 6 heteroatoms. The van der Waals surface area contributed by atoms with Crippen LogP contribution < -0.4 is 10.2 Å². The molecule has 0 fully saturated rings. The largest absolute Gasteiger partial charge is 0.380 e. The fourth-order valence-electron chi connectivity index (χ4n) is 1.90. The number of hydrogen-bond acceptors (Lipinski definition) is 4. The van der Waals surface area contributed by atoms with E-state index in [1.54, 1.807) is 12.1 Å². The van der Waals surface area contributed by atoms with Gasteiger partial charge in [0.25, 0.3) is 5.69 Å². The van der Waals surface area contributed by atoms with Gasteiger partial charge in [-0.15, -0.1) is 0 Å². The van der Waals surface area contributed by atoms with Gasteiger partial charge in [0.1, 0.15) is 0 Å². The summed E-state index contributed by atoms with van der Waals surface area (Å²) in [6.07, 6.45) is 0.744. The van der Waals surface area contributed by atoms with E-state index in [-0.39, 0.29) is 11.7 Å². The van der Waals surface area contributed by atoms with Crippen LogP contribution in [0.5, 0.6) is 0 Å². The van der Waals surface area contributed by atoms with Gasteiger partial charge >= 0.3 is 0 Å². The maximum atomic E-state index is 10.7. The molecular formula is C11H13N3O2S. The Morgan fingerprint density at radius 1 is 1.59 bits per heavy atom. The van der Waals surface area contributed by atoms with E-state index in [1.165, 1.54) is 6.07 Å². The van der Waals surface area contributed by atoms with Gasteiger partial charge < -0.3 is 10.2 Å². The lowest BCUT2D eigenvalue weighted by Gasteiger charge is -2.18. The summed E-state index contributed by atoms with van der Waals surface area (Å²) in [6.45, 7) is 2.01. The Balaban J connectivity index is 2.50. The van der Waals surface area contributed by atoms with Crippen LogP contribution in [-0.4, -0.2) is 23.0 Å². The quantitative estimate of drug-likeness (QED) is 0.472. The molecule has 1 aromatic rings. The number of nitro benzene ring substituents is 1. The number of thiocarbonyl (C=S) groups is 1. The van der Waals surface area contributed by atoms with Crippen molar-refractivity contribution in [1.29, 1.82) is 0 Å². The number of anilines is 2. The molecule has 90 valence electrons.